The molecule has 37 valence electrons. The first-order valence-electron chi connectivity index (χ1n) is 2.04. The van der Waals surface area contributed by atoms with E-state index in [1.165, 1.54) is 0 Å². The van der Waals surface area contributed by atoms with Crippen molar-refractivity contribution in [3.05, 3.63) is 24.4 Å². The van der Waals surface area contributed by atoms with Crippen LogP contribution in [0, 0.1) is 13.8 Å². The second-order valence-corrected chi connectivity index (χ2v) is 1.43. The van der Waals surface area contributed by atoms with Crippen molar-refractivity contribution in [2.24, 2.45) is 0 Å². The van der Waals surface area contributed by atoms with Gasteiger partial charge in [0.15, 0.2) is 0 Å². The van der Waals surface area contributed by atoms with Crippen LogP contribution in [-0.4, -0.2) is 5.16 Å². The van der Waals surface area contributed by atoms with Crippen LogP contribution in [0.15, 0.2) is 10.6 Å². The standard InChI is InChI=1S/C5H6NO/c1-4-3-5(2)7-6-4/h3H,2H2,1H3. The summed E-state index contributed by atoms with van der Waals surface area (Å²) in [5.41, 5.74) is 0.880. The molecule has 2 nitrogen and oxygen atoms in total. The lowest BCUT2D eigenvalue weighted by molar-refractivity contribution is 0.402. The molecule has 0 aliphatic rings. The highest BCUT2D eigenvalue weighted by molar-refractivity contribution is 5.04. The summed E-state index contributed by atoms with van der Waals surface area (Å²) in [4.78, 5) is 0. The minimum Gasteiger partial charge on any atom is -0.361 e. The van der Waals surface area contributed by atoms with Crippen LogP contribution in [0.4, 0.5) is 0 Å². The van der Waals surface area contributed by atoms with Gasteiger partial charge in [-0.25, -0.2) is 0 Å². The van der Waals surface area contributed by atoms with Gasteiger partial charge in [-0.2, -0.15) is 0 Å². The number of rotatable bonds is 0. The Morgan fingerprint density at radius 1 is 1.86 bits per heavy atom. The van der Waals surface area contributed by atoms with Crippen molar-refractivity contribution < 1.29 is 4.52 Å². The van der Waals surface area contributed by atoms with Crippen LogP contribution in [0.3, 0.4) is 0 Å². The SMILES string of the molecule is [CH2]c1cc(C)no1. The maximum absolute atomic E-state index is 4.60. The van der Waals surface area contributed by atoms with Gasteiger partial charge in [0.25, 0.3) is 0 Å². The van der Waals surface area contributed by atoms with Crippen molar-refractivity contribution in [3.63, 3.8) is 0 Å². The van der Waals surface area contributed by atoms with Crippen molar-refractivity contribution in [3.8, 4) is 0 Å². The Hall–Kier alpha value is -0.790. The van der Waals surface area contributed by atoms with Gasteiger partial charge in [-0.05, 0) is 6.92 Å². The van der Waals surface area contributed by atoms with Gasteiger partial charge in [0.05, 0.1) is 5.69 Å². The molecule has 7 heavy (non-hydrogen) atoms. The van der Waals surface area contributed by atoms with Crippen molar-refractivity contribution in [1.29, 1.82) is 0 Å². The Kier molecular flexibility index (Phi) is 0.855. The molecule has 1 aromatic heterocycles. The molecule has 0 aromatic carbocycles. The van der Waals surface area contributed by atoms with E-state index in [4.69, 9.17) is 0 Å². The molecular formula is C5H6NO. The summed E-state index contributed by atoms with van der Waals surface area (Å²) >= 11 is 0. The first-order chi connectivity index (χ1) is 3.29. The molecule has 0 saturated heterocycles. The van der Waals surface area contributed by atoms with E-state index in [-0.39, 0.29) is 0 Å². The minimum absolute atomic E-state index is 0.623. The molecule has 1 heterocycles. The predicted octanol–water partition coefficient (Wildman–Crippen LogP) is 1.17. The first kappa shape index (κ1) is 4.37. The topological polar surface area (TPSA) is 26.0 Å². The molecule has 0 aliphatic heterocycles. The van der Waals surface area contributed by atoms with Crippen LogP contribution in [-0.2, 0) is 0 Å². The lowest BCUT2D eigenvalue weighted by atomic mass is 10.4. The maximum Gasteiger partial charge on any atom is 0.137 e. The fraction of sp³-hybridized carbons (Fsp3) is 0.200. The Balaban J connectivity index is 3.04. The Labute approximate surface area is 42.1 Å². The van der Waals surface area contributed by atoms with E-state index in [0.29, 0.717) is 5.76 Å². The second kappa shape index (κ2) is 1.37. The lowest BCUT2D eigenvalue weighted by Crippen LogP contribution is -1.59. The second-order valence-electron chi connectivity index (χ2n) is 1.43. The predicted molar refractivity (Wildman–Crippen MR) is 25.7 cm³/mol. The molecule has 0 spiro atoms. The maximum atomic E-state index is 4.60. The van der Waals surface area contributed by atoms with Crippen LogP contribution < -0.4 is 0 Å². The first-order valence-corrected chi connectivity index (χ1v) is 2.04. The highest BCUT2D eigenvalue weighted by Gasteiger charge is 1.88. The third kappa shape index (κ3) is 0.796. The number of nitrogens with zero attached hydrogens (tertiary/aromatic N) is 1. The zero-order valence-electron chi connectivity index (χ0n) is 4.14. The van der Waals surface area contributed by atoms with Gasteiger partial charge >= 0.3 is 0 Å². The van der Waals surface area contributed by atoms with Gasteiger partial charge in [0, 0.05) is 13.0 Å². The molecule has 0 saturated carbocycles. The van der Waals surface area contributed by atoms with Crippen LogP contribution >= 0.6 is 0 Å². The summed E-state index contributed by atoms with van der Waals surface area (Å²) in [6.45, 7) is 5.37. The van der Waals surface area contributed by atoms with Crippen molar-refractivity contribution in [2.45, 2.75) is 6.92 Å². The summed E-state index contributed by atoms with van der Waals surface area (Å²) < 4.78 is 4.60. The van der Waals surface area contributed by atoms with Crippen molar-refractivity contribution in [2.75, 3.05) is 0 Å². The Morgan fingerprint density at radius 3 is 2.71 bits per heavy atom. The van der Waals surface area contributed by atoms with Crippen LogP contribution in [0.1, 0.15) is 11.5 Å². The van der Waals surface area contributed by atoms with E-state index in [1.807, 2.05) is 6.92 Å². The molecule has 0 fully saturated rings. The molecule has 1 radical (unpaired) electrons. The van der Waals surface area contributed by atoms with Crippen molar-refractivity contribution in [1.82, 2.24) is 5.16 Å². The highest BCUT2D eigenvalue weighted by Crippen LogP contribution is 1.96. The molecule has 0 N–H and O–H groups in total. The number of hydrogen-bond donors (Lipinski definition) is 0. The lowest BCUT2D eigenvalue weighted by Gasteiger charge is -1.65. The average Bonchev–Trinajstić information content (AvgIpc) is 1.87. The highest BCUT2D eigenvalue weighted by atomic mass is 16.5. The summed E-state index contributed by atoms with van der Waals surface area (Å²) in [6, 6.07) is 1.78. The molecule has 0 bridgehead atoms. The fourth-order valence-electron chi connectivity index (χ4n) is 0.416. The normalized spacial score (nSPS) is 9.43. The number of hydrogen-bond acceptors (Lipinski definition) is 2. The van der Waals surface area contributed by atoms with Crippen molar-refractivity contribution >= 4 is 0 Å². The zero-order chi connectivity index (χ0) is 5.28. The van der Waals surface area contributed by atoms with E-state index >= 15 is 0 Å². The number of aromatic nitrogens is 1. The molecule has 0 atom stereocenters. The molecule has 0 aliphatic carbocycles. The van der Waals surface area contributed by atoms with Gasteiger partial charge in [-0.1, -0.05) is 5.16 Å². The van der Waals surface area contributed by atoms with Gasteiger partial charge in [-0.15, -0.1) is 0 Å². The van der Waals surface area contributed by atoms with Gasteiger partial charge < -0.3 is 4.52 Å². The third-order valence-corrected chi connectivity index (χ3v) is 0.677. The minimum atomic E-state index is 0.623. The molecule has 0 amide bonds. The van der Waals surface area contributed by atoms with E-state index < -0.39 is 0 Å². The van der Waals surface area contributed by atoms with Crippen LogP contribution in [0.2, 0.25) is 0 Å². The number of aryl methyl sites for hydroxylation is 1. The molecule has 1 rings (SSSR count). The Morgan fingerprint density at radius 2 is 2.57 bits per heavy atom. The van der Waals surface area contributed by atoms with E-state index in [9.17, 15) is 0 Å². The smallest absolute Gasteiger partial charge is 0.137 e. The van der Waals surface area contributed by atoms with E-state index in [2.05, 4.69) is 16.6 Å². The summed E-state index contributed by atoms with van der Waals surface area (Å²) in [7, 11) is 0. The largest absolute Gasteiger partial charge is 0.361 e. The van der Waals surface area contributed by atoms with Gasteiger partial charge in [0.2, 0.25) is 0 Å². The Bertz CT molecular complexity index is 140. The third-order valence-electron chi connectivity index (χ3n) is 0.677. The summed E-state index contributed by atoms with van der Waals surface area (Å²) in [5.74, 6) is 0.623. The average molecular weight is 96.1 g/mol. The fourth-order valence-corrected chi connectivity index (χ4v) is 0.416. The quantitative estimate of drug-likeness (QED) is 0.484. The van der Waals surface area contributed by atoms with E-state index in [1.54, 1.807) is 6.07 Å². The molecule has 0 unspecified atom stereocenters. The van der Waals surface area contributed by atoms with Gasteiger partial charge in [-0.3, -0.25) is 0 Å². The molecule has 2 heteroatoms. The zero-order valence-corrected chi connectivity index (χ0v) is 4.14. The molecule has 1 aromatic rings. The summed E-state index contributed by atoms with van der Waals surface area (Å²) in [5, 5.41) is 3.58. The van der Waals surface area contributed by atoms with E-state index in [0.717, 1.165) is 5.69 Å². The molecular weight excluding hydrogens is 90.1 g/mol. The van der Waals surface area contributed by atoms with Gasteiger partial charge in [0.1, 0.15) is 5.76 Å². The van der Waals surface area contributed by atoms with Crippen LogP contribution in [0.5, 0.6) is 0 Å². The van der Waals surface area contributed by atoms with Crippen LogP contribution in [0.25, 0.3) is 0 Å². The monoisotopic (exact) mass is 96.0 g/mol. The summed E-state index contributed by atoms with van der Waals surface area (Å²) in [6.07, 6.45) is 0.